The molecule has 0 bridgehead atoms. The molecule has 8 nitrogen and oxygen atoms in total. The summed E-state index contributed by atoms with van der Waals surface area (Å²) in [7, 11) is 0. The number of aryl methyl sites for hydroxylation is 2. The van der Waals surface area contributed by atoms with E-state index in [0.29, 0.717) is 28.1 Å². The Bertz CT molecular complexity index is 4010. The SMILES string of the molecule is [C-]#[N+]c1ccc(-c2ccc3c4ccc(-c5ccc(C#N)cc5)cc4n(-c4cc(C#N)cc(-n5c6cc(-c7ccc(C#N)cc7)ccc6c6ccc(-c7ccc([N+]#[C-])cc7)cc65)c4-c4cc(C)nc(C)c4)c3c2)cc1. The molecule has 0 amide bonds. The van der Waals surface area contributed by atoms with Crippen LogP contribution in [0, 0.1) is 61.0 Å². The Kier molecular flexibility index (Phi) is 10.7. The predicted molar refractivity (Wildman–Crippen MR) is 296 cm³/mol. The summed E-state index contributed by atoms with van der Waals surface area (Å²) in [5.74, 6) is 0. The number of hydrogen-bond acceptors (Lipinski definition) is 4. The number of fused-ring (bicyclic) bond motifs is 6. The Morgan fingerprint density at radius 3 is 0.946 bits per heavy atom. The van der Waals surface area contributed by atoms with Crippen LogP contribution in [0.4, 0.5) is 11.4 Å². The Morgan fingerprint density at radius 2 is 0.649 bits per heavy atom. The third-order valence-electron chi connectivity index (χ3n) is 14.0. The van der Waals surface area contributed by atoms with Crippen LogP contribution in [0.5, 0.6) is 0 Å². The normalized spacial score (nSPS) is 11.0. The maximum absolute atomic E-state index is 11.3. The molecule has 8 heteroatoms. The third-order valence-corrected chi connectivity index (χ3v) is 14.0. The Hall–Kier alpha value is -10.8. The van der Waals surface area contributed by atoms with Gasteiger partial charge in [0.15, 0.2) is 11.4 Å². The van der Waals surface area contributed by atoms with Crippen LogP contribution in [0.15, 0.2) is 194 Å². The topological polar surface area (TPSA) is 103 Å². The number of benzene rings is 9. The van der Waals surface area contributed by atoms with Crippen LogP contribution in [0.1, 0.15) is 28.1 Å². The van der Waals surface area contributed by atoms with Gasteiger partial charge in [-0.15, -0.1) is 0 Å². The highest BCUT2D eigenvalue weighted by Gasteiger charge is 2.25. The van der Waals surface area contributed by atoms with E-state index in [-0.39, 0.29) is 0 Å². The average molecular weight is 943 g/mol. The lowest BCUT2D eigenvalue weighted by Crippen LogP contribution is -2.06. The molecule has 0 saturated heterocycles. The molecular formula is C66H38N8. The van der Waals surface area contributed by atoms with E-state index in [0.717, 1.165) is 122 Å². The summed E-state index contributed by atoms with van der Waals surface area (Å²) < 4.78 is 4.58. The predicted octanol–water partition coefficient (Wildman–Crippen LogP) is 16.9. The number of nitriles is 3. The number of pyridine rings is 1. The zero-order chi connectivity index (χ0) is 50.6. The molecular weight excluding hydrogens is 905 g/mol. The highest BCUT2D eigenvalue weighted by Crippen LogP contribution is 2.46. The van der Waals surface area contributed by atoms with E-state index in [2.05, 4.69) is 122 Å². The molecule has 0 aliphatic rings. The van der Waals surface area contributed by atoms with Gasteiger partial charge in [0.25, 0.3) is 0 Å². The van der Waals surface area contributed by atoms with Crippen molar-refractivity contribution in [1.29, 1.82) is 15.8 Å². The quantitative estimate of drug-likeness (QED) is 0.148. The summed E-state index contributed by atoms with van der Waals surface area (Å²) in [6.07, 6.45) is 0. The molecule has 12 rings (SSSR count). The fourth-order valence-electron chi connectivity index (χ4n) is 10.5. The highest BCUT2D eigenvalue weighted by atomic mass is 15.0. The zero-order valence-electron chi connectivity index (χ0n) is 40.1. The van der Waals surface area contributed by atoms with Crippen LogP contribution < -0.4 is 0 Å². The number of nitrogens with zero attached hydrogens (tertiary/aromatic N) is 8. The lowest BCUT2D eigenvalue weighted by molar-refractivity contribution is 1.11. The van der Waals surface area contributed by atoms with Gasteiger partial charge in [-0.3, -0.25) is 4.98 Å². The Morgan fingerprint density at radius 1 is 0.351 bits per heavy atom. The van der Waals surface area contributed by atoms with Crippen molar-refractivity contribution in [3.8, 4) is 85.2 Å². The van der Waals surface area contributed by atoms with Crippen molar-refractivity contribution in [2.24, 2.45) is 0 Å². The molecule has 342 valence electrons. The van der Waals surface area contributed by atoms with Crippen molar-refractivity contribution in [1.82, 2.24) is 14.1 Å². The van der Waals surface area contributed by atoms with Gasteiger partial charge in [-0.1, -0.05) is 121 Å². The van der Waals surface area contributed by atoms with Crippen molar-refractivity contribution in [3.05, 3.63) is 245 Å². The summed E-state index contributed by atoms with van der Waals surface area (Å²) >= 11 is 0. The fraction of sp³-hybridized carbons (Fsp3) is 0.0303. The van der Waals surface area contributed by atoms with Crippen molar-refractivity contribution < 1.29 is 0 Å². The Balaban J connectivity index is 1.23. The molecule has 0 spiro atoms. The van der Waals surface area contributed by atoms with Crippen molar-refractivity contribution >= 4 is 55.0 Å². The van der Waals surface area contributed by atoms with Gasteiger partial charge in [0.2, 0.25) is 0 Å². The fourth-order valence-corrected chi connectivity index (χ4v) is 10.5. The Labute approximate surface area is 427 Å². The van der Waals surface area contributed by atoms with Gasteiger partial charge in [0, 0.05) is 38.5 Å². The summed E-state index contributed by atoms with van der Waals surface area (Å²) in [6.45, 7) is 19.2. The standard InChI is InChI=1S/C66H38N8/c1-40-29-53(30-41(2)72-40)66-64(73-60-33-49(45-9-5-42(37-67)6-10-45)17-25-56(60)58-27-19-51(35-62(58)73)47-13-21-54(70-3)22-14-47)31-44(39-69)32-65(66)74-61-34-50(46-11-7-43(38-68)8-12-46)18-26-57(61)59-28-20-52(36-63(59)74)48-15-23-55(71-4)24-16-48/h5-36H,1-2H3. The lowest BCUT2D eigenvalue weighted by Gasteiger charge is -2.22. The van der Waals surface area contributed by atoms with E-state index in [1.165, 1.54) is 0 Å². The van der Waals surface area contributed by atoms with Crippen molar-refractivity contribution in [2.45, 2.75) is 13.8 Å². The van der Waals surface area contributed by atoms with Gasteiger partial charge in [0.1, 0.15) is 0 Å². The summed E-state index contributed by atoms with van der Waals surface area (Å²) in [6, 6.07) is 71.7. The van der Waals surface area contributed by atoms with Crippen molar-refractivity contribution in [2.75, 3.05) is 0 Å². The van der Waals surface area contributed by atoms with Gasteiger partial charge in [-0.05, 0) is 137 Å². The largest absolute Gasteiger partial charge is 0.308 e. The van der Waals surface area contributed by atoms with Crippen LogP contribution in [0.3, 0.4) is 0 Å². The second kappa shape index (κ2) is 17.9. The van der Waals surface area contributed by atoms with E-state index < -0.39 is 0 Å². The first-order chi connectivity index (χ1) is 36.2. The summed E-state index contributed by atoms with van der Waals surface area (Å²) in [5.41, 5.74) is 19.1. The molecule has 9 aromatic carbocycles. The molecule has 0 saturated carbocycles. The molecule has 0 unspecified atom stereocenters. The second-order valence-corrected chi connectivity index (χ2v) is 18.4. The minimum Gasteiger partial charge on any atom is -0.308 e. The molecule has 3 heterocycles. The average Bonchev–Trinajstić information content (AvgIpc) is 3.95. The molecule has 0 fully saturated rings. The second-order valence-electron chi connectivity index (χ2n) is 18.4. The molecule has 0 N–H and O–H groups in total. The van der Waals surface area contributed by atoms with Crippen molar-refractivity contribution in [3.63, 3.8) is 0 Å². The van der Waals surface area contributed by atoms with E-state index in [9.17, 15) is 15.8 Å². The van der Waals surface area contributed by atoms with E-state index in [1.807, 2.05) is 123 Å². The number of rotatable bonds is 7. The monoisotopic (exact) mass is 942 g/mol. The van der Waals surface area contributed by atoms with E-state index >= 15 is 0 Å². The highest BCUT2D eigenvalue weighted by molar-refractivity contribution is 6.14. The van der Waals surface area contributed by atoms with E-state index in [4.69, 9.17) is 18.1 Å². The summed E-state index contributed by atoms with van der Waals surface area (Å²) in [4.78, 5) is 12.2. The third kappa shape index (κ3) is 7.56. The molecule has 0 radical (unpaired) electrons. The first-order valence-electron chi connectivity index (χ1n) is 23.9. The van der Waals surface area contributed by atoms with Crippen LogP contribution in [-0.2, 0) is 0 Å². The first-order valence-corrected chi connectivity index (χ1v) is 23.9. The molecule has 0 aliphatic carbocycles. The van der Waals surface area contributed by atoms with Gasteiger partial charge < -0.3 is 9.13 Å². The lowest BCUT2D eigenvalue weighted by atomic mass is 9.97. The number of hydrogen-bond donors (Lipinski definition) is 0. The molecule has 12 aromatic rings. The van der Waals surface area contributed by atoms with Gasteiger partial charge in [0.05, 0.1) is 81.5 Å². The molecule has 0 aliphatic heterocycles. The molecule has 3 aromatic heterocycles. The van der Waals surface area contributed by atoms with E-state index in [1.54, 1.807) is 0 Å². The van der Waals surface area contributed by atoms with Crippen LogP contribution in [0.25, 0.3) is 120 Å². The minimum atomic E-state index is 0.453. The van der Waals surface area contributed by atoms with Crippen LogP contribution in [0.2, 0.25) is 0 Å². The zero-order valence-corrected chi connectivity index (χ0v) is 40.1. The molecule has 74 heavy (non-hydrogen) atoms. The minimum absolute atomic E-state index is 0.453. The maximum atomic E-state index is 11.3. The van der Waals surface area contributed by atoms with Crippen LogP contribution in [-0.4, -0.2) is 14.1 Å². The first kappa shape index (κ1) is 44.4. The van der Waals surface area contributed by atoms with Gasteiger partial charge in [-0.2, -0.15) is 15.8 Å². The molecule has 0 atom stereocenters. The summed E-state index contributed by atoms with van der Waals surface area (Å²) in [5, 5.41) is 34.7. The van der Waals surface area contributed by atoms with Gasteiger partial charge >= 0.3 is 0 Å². The maximum Gasteiger partial charge on any atom is 0.187 e. The van der Waals surface area contributed by atoms with Gasteiger partial charge in [-0.25, -0.2) is 9.69 Å². The van der Waals surface area contributed by atoms with Crippen LogP contribution >= 0.6 is 0 Å². The number of aromatic nitrogens is 3. The smallest absolute Gasteiger partial charge is 0.187 e.